The minimum Gasteiger partial charge on any atom is -0.464 e. The van der Waals surface area contributed by atoms with Crippen LogP contribution in [0.4, 0.5) is 0 Å². The first kappa shape index (κ1) is 10.5. The summed E-state index contributed by atoms with van der Waals surface area (Å²) in [6, 6.07) is 8.71. The number of hydrogen-bond acceptors (Lipinski definition) is 4. The molecule has 4 nitrogen and oxygen atoms in total. The number of benzene rings is 1. The van der Waals surface area contributed by atoms with Gasteiger partial charge in [0.25, 0.3) is 0 Å². The second kappa shape index (κ2) is 4.00. The molecule has 88 valence electrons. The van der Waals surface area contributed by atoms with E-state index in [-0.39, 0.29) is 11.0 Å². The topological polar surface area (TPSA) is 60.4 Å². The summed E-state index contributed by atoms with van der Waals surface area (Å²) in [7, 11) is 0. The number of hydrogen-bond donors (Lipinski definition) is 0. The van der Waals surface area contributed by atoms with Crippen LogP contribution in [-0.2, 0) is 0 Å². The Kier molecular flexibility index (Phi) is 2.34. The molecule has 0 amide bonds. The summed E-state index contributed by atoms with van der Waals surface area (Å²) in [5.41, 5.74) is 0.891. The number of aldehydes is 1. The van der Waals surface area contributed by atoms with Crippen molar-refractivity contribution in [3.8, 4) is 11.3 Å². The molecule has 0 unspecified atom stereocenters. The number of fused-ring (bicyclic) bond motifs is 1. The first-order valence-corrected chi connectivity index (χ1v) is 5.34. The summed E-state index contributed by atoms with van der Waals surface area (Å²) in [5.74, 6) is 0.660. The molecule has 0 bridgehead atoms. The molecular formula is C14H8O4. The van der Waals surface area contributed by atoms with Gasteiger partial charge in [0.05, 0.1) is 17.2 Å². The maximum absolute atomic E-state index is 12.0. The summed E-state index contributed by atoms with van der Waals surface area (Å²) in [5, 5.41) is 0.369. The summed E-state index contributed by atoms with van der Waals surface area (Å²) in [4.78, 5) is 22.7. The number of rotatable bonds is 2. The van der Waals surface area contributed by atoms with Gasteiger partial charge in [0, 0.05) is 5.56 Å². The Morgan fingerprint density at radius 1 is 1.11 bits per heavy atom. The summed E-state index contributed by atoms with van der Waals surface area (Å²) >= 11 is 0. The van der Waals surface area contributed by atoms with E-state index in [9.17, 15) is 9.59 Å². The zero-order valence-corrected chi connectivity index (χ0v) is 9.25. The van der Waals surface area contributed by atoms with Gasteiger partial charge in [0.2, 0.25) is 5.43 Å². The maximum atomic E-state index is 12.0. The molecule has 0 N–H and O–H groups in total. The molecule has 2 aromatic heterocycles. The average molecular weight is 240 g/mol. The van der Waals surface area contributed by atoms with E-state index in [1.807, 2.05) is 0 Å². The Bertz CT molecular complexity index is 766. The molecule has 0 spiro atoms. The molecule has 0 saturated heterocycles. The molecule has 3 aromatic rings. The van der Waals surface area contributed by atoms with Crippen LogP contribution < -0.4 is 5.43 Å². The highest BCUT2D eigenvalue weighted by Crippen LogP contribution is 2.23. The number of furan rings is 1. The van der Waals surface area contributed by atoms with Crippen LogP contribution in [0.3, 0.4) is 0 Å². The van der Waals surface area contributed by atoms with Gasteiger partial charge in [-0.25, -0.2) is 0 Å². The van der Waals surface area contributed by atoms with Crippen molar-refractivity contribution in [3.05, 3.63) is 58.6 Å². The van der Waals surface area contributed by atoms with Gasteiger partial charge in [0.1, 0.15) is 17.6 Å². The molecule has 0 fully saturated rings. The standard InChI is InChI=1S/C14H8O4/c15-7-10-8-18-13-4-3-9(6-11(13)14(10)16)12-2-1-5-17-12/h1-8H. The van der Waals surface area contributed by atoms with E-state index in [1.54, 1.807) is 36.6 Å². The van der Waals surface area contributed by atoms with Crippen molar-refractivity contribution < 1.29 is 13.6 Å². The normalized spacial score (nSPS) is 10.7. The van der Waals surface area contributed by atoms with Crippen LogP contribution in [0, 0.1) is 0 Å². The van der Waals surface area contributed by atoms with Gasteiger partial charge in [-0.1, -0.05) is 0 Å². The van der Waals surface area contributed by atoms with E-state index >= 15 is 0 Å². The molecule has 2 heterocycles. The van der Waals surface area contributed by atoms with Gasteiger partial charge in [-0.3, -0.25) is 9.59 Å². The van der Waals surface area contributed by atoms with Gasteiger partial charge < -0.3 is 8.83 Å². The van der Waals surface area contributed by atoms with E-state index in [2.05, 4.69) is 0 Å². The zero-order chi connectivity index (χ0) is 12.5. The average Bonchev–Trinajstić information content (AvgIpc) is 2.93. The highest BCUT2D eigenvalue weighted by Gasteiger charge is 2.08. The monoisotopic (exact) mass is 240 g/mol. The summed E-state index contributed by atoms with van der Waals surface area (Å²) in [6.07, 6.45) is 3.22. The SMILES string of the molecule is O=Cc1coc2ccc(-c3ccco3)cc2c1=O. The first-order chi connectivity index (χ1) is 8.79. The second-order valence-electron chi connectivity index (χ2n) is 3.83. The van der Waals surface area contributed by atoms with E-state index in [1.165, 1.54) is 6.26 Å². The Balaban J connectivity index is 2.31. The van der Waals surface area contributed by atoms with Crippen molar-refractivity contribution in [2.45, 2.75) is 0 Å². The predicted octanol–water partition coefficient (Wildman–Crippen LogP) is 2.87. The lowest BCUT2D eigenvalue weighted by molar-refractivity contribution is 0.112. The predicted molar refractivity (Wildman–Crippen MR) is 65.6 cm³/mol. The molecule has 0 aliphatic rings. The van der Waals surface area contributed by atoms with Crippen LogP contribution in [0.2, 0.25) is 0 Å². The second-order valence-corrected chi connectivity index (χ2v) is 3.83. The van der Waals surface area contributed by atoms with Gasteiger partial charge in [-0.15, -0.1) is 0 Å². The lowest BCUT2D eigenvalue weighted by Crippen LogP contribution is -2.07. The molecule has 0 atom stereocenters. The third-order valence-corrected chi connectivity index (χ3v) is 2.73. The molecule has 3 rings (SSSR count). The van der Waals surface area contributed by atoms with Crippen LogP contribution in [0.5, 0.6) is 0 Å². The fraction of sp³-hybridized carbons (Fsp3) is 0. The van der Waals surface area contributed by atoms with Gasteiger partial charge >= 0.3 is 0 Å². The number of carbonyl (C=O) groups is 1. The van der Waals surface area contributed by atoms with Crippen LogP contribution in [0.1, 0.15) is 10.4 Å². The third-order valence-electron chi connectivity index (χ3n) is 2.73. The third kappa shape index (κ3) is 1.55. The Labute approximate surface area is 101 Å². The molecule has 0 aliphatic carbocycles. The largest absolute Gasteiger partial charge is 0.464 e. The lowest BCUT2D eigenvalue weighted by atomic mass is 10.1. The van der Waals surface area contributed by atoms with Crippen molar-refractivity contribution in [1.29, 1.82) is 0 Å². The van der Waals surface area contributed by atoms with Crippen molar-refractivity contribution in [1.82, 2.24) is 0 Å². The molecule has 4 heteroatoms. The van der Waals surface area contributed by atoms with Crippen LogP contribution in [0.15, 0.2) is 56.5 Å². The van der Waals surface area contributed by atoms with Crippen LogP contribution >= 0.6 is 0 Å². The number of carbonyl (C=O) groups excluding carboxylic acids is 1. The minimum atomic E-state index is -0.334. The molecule has 0 aliphatic heterocycles. The Hall–Kier alpha value is -2.62. The molecule has 18 heavy (non-hydrogen) atoms. The van der Waals surface area contributed by atoms with E-state index in [0.29, 0.717) is 23.0 Å². The quantitative estimate of drug-likeness (QED) is 0.646. The van der Waals surface area contributed by atoms with Gasteiger partial charge in [-0.2, -0.15) is 0 Å². The van der Waals surface area contributed by atoms with Crippen LogP contribution in [0.25, 0.3) is 22.3 Å². The smallest absolute Gasteiger partial charge is 0.203 e. The van der Waals surface area contributed by atoms with Gasteiger partial charge in [-0.05, 0) is 30.3 Å². The summed E-state index contributed by atoms with van der Waals surface area (Å²) in [6.45, 7) is 0. The minimum absolute atomic E-state index is 0.0131. The molecule has 0 saturated carbocycles. The molecular weight excluding hydrogens is 232 g/mol. The Morgan fingerprint density at radius 2 is 2.00 bits per heavy atom. The summed E-state index contributed by atoms with van der Waals surface area (Å²) < 4.78 is 10.5. The van der Waals surface area contributed by atoms with Crippen LogP contribution in [-0.4, -0.2) is 6.29 Å². The van der Waals surface area contributed by atoms with Crippen molar-refractivity contribution >= 4 is 17.3 Å². The van der Waals surface area contributed by atoms with Gasteiger partial charge in [0.15, 0.2) is 6.29 Å². The Morgan fingerprint density at radius 3 is 2.72 bits per heavy atom. The van der Waals surface area contributed by atoms with E-state index in [0.717, 1.165) is 5.56 Å². The van der Waals surface area contributed by atoms with Crippen molar-refractivity contribution in [2.24, 2.45) is 0 Å². The van der Waals surface area contributed by atoms with E-state index in [4.69, 9.17) is 8.83 Å². The maximum Gasteiger partial charge on any atom is 0.203 e. The highest BCUT2D eigenvalue weighted by molar-refractivity contribution is 5.86. The van der Waals surface area contributed by atoms with E-state index < -0.39 is 0 Å². The fourth-order valence-electron chi connectivity index (χ4n) is 1.82. The lowest BCUT2D eigenvalue weighted by Gasteiger charge is -2.00. The highest BCUT2D eigenvalue weighted by atomic mass is 16.3. The fourth-order valence-corrected chi connectivity index (χ4v) is 1.82. The zero-order valence-electron chi connectivity index (χ0n) is 9.25. The van der Waals surface area contributed by atoms with Crippen molar-refractivity contribution in [2.75, 3.05) is 0 Å². The molecule has 1 aromatic carbocycles. The van der Waals surface area contributed by atoms with Crippen molar-refractivity contribution in [3.63, 3.8) is 0 Å². The molecule has 0 radical (unpaired) electrons. The first-order valence-electron chi connectivity index (χ1n) is 5.34.